The van der Waals surface area contributed by atoms with Crippen molar-refractivity contribution in [3.8, 4) is 11.8 Å². The molecule has 1 atom stereocenters. The molecule has 0 aliphatic heterocycles. The lowest BCUT2D eigenvalue weighted by Crippen LogP contribution is -2.18. The Morgan fingerprint density at radius 2 is 2.10 bits per heavy atom. The maximum Gasteiger partial charge on any atom is 0.240 e. The van der Waals surface area contributed by atoms with Crippen molar-refractivity contribution in [2.75, 3.05) is 14.2 Å². The molecule has 2 rings (SSSR count). The molecule has 112 valence electrons. The van der Waals surface area contributed by atoms with Gasteiger partial charge in [0.05, 0.1) is 26.5 Å². The van der Waals surface area contributed by atoms with Gasteiger partial charge in [0.15, 0.2) is 0 Å². The van der Waals surface area contributed by atoms with E-state index in [9.17, 15) is 4.39 Å². The van der Waals surface area contributed by atoms with E-state index in [4.69, 9.17) is 26.8 Å². The first-order chi connectivity index (χ1) is 10.1. The SMILES string of the molecule is COc1cnc(C(N)Cc2c(F)cccc2Cl)c(OC)n1. The molecule has 1 heterocycles. The van der Waals surface area contributed by atoms with Crippen LogP contribution in [-0.4, -0.2) is 24.2 Å². The number of benzene rings is 1. The summed E-state index contributed by atoms with van der Waals surface area (Å²) in [6, 6.07) is 3.89. The lowest BCUT2D eigenvalue weighted by Gasteiger charge is -2.15. The Morgan fingerprint density at radius 3 is 2.71 bits per heavy atom. The quantitative estimate of drug-likeness (QED) is 0.919. The molecule has 0 saturated carbocycles. The van der Waals surface area contributed by atoms with Gasteiger partial charge in [-0.3, -0.25) is 0 Å². The number of halogens is 2. The second kappa shape index (κ2) is 6.69. The molecule has 2 N–H and O–H groups in total. The van der Waals surface area contributed by atoms with E-state index in [0.29, 0.717) is 22.2 Å². The zero-order valence-corrected chi connectivity index (χ0v) is 12.4. The van der Waals surface area contributed by atoms with Crippen LogP contribution in [0.4, 0.5) is 4.39 Å². The lowest BCUT2D eigenvalue weighted by atomic mass is 10.0. The Bertz CT molecular complexity index is 619. The average Bonchev–Trinajstić information content (AvgIpc) is 2.50. The largest absolute Gasteiger partial charge is 0.480 e. The normalized spacial score (nSPS) is 12.0. The van der Waals surface area contributed by atoms with E-state index in [-0.39, 0.29) is 12.3 Å². The Kier molecular flexibility index (Phi) is 4.93. The van der Waals surface area contributed by atoms with Crippen molar-refractivity contribution >= 4 is 11.6 Å². The Morgan fingerprint density at radius 1 is 1.33 bits per heavy atom. The van der Waals surface area contributed by atoms with Crippen LogP contribution in [-0.2, 0) is 6.42 Å². The average molecular weight is 312 g/mol. The molecule has 1 aromatic carbocycles. The molecule has 0 radical (unpaired) electrons. The highest BCUT2D eigenvalue weighted by Gasteiger charge is 2.19. The van der Waals surface area contributed by atoms with E-state index in [1.165, 1.54) is 26.5 Å². The van der Waals surface area contributed by atoms with E-state index in [1.807, 2.05) is 0 Å². The molecule has 0 aliphatic rings. The molecule has 0 amide bonds. The number of rotatable bonds is 5. The van der Waals surface area contributed by atoms with Crippen molar-refractivity contribution in [1.29, 1.82) is 0 Å². The Balaban J connectivity index is 2.30. The van der Waals surface area contributed by atoms with Gasteiger partial charge in [0.1, 0.15) is 11.5 Å². The van der Waals surface area contributed by atoms with E-state index in [0.717, 1.165) is 0 Å². The van der Waals surface area contributed by atoms with Crippen LogP contribution in [0.3, 0.4) is 0 Å². The van der Waals surface area contributed by atoms with Gasteiger partial charge in [-0.1, -0.05) is 17.7 Å². The first-order valence-corrected chi connectivity index (χ1v) is 6.58. The van der Waals surface area contributed by atoms with Crippen LogP contribution in [0.25, 0.3) is 0 Å². The second-order valence-electron chi connectivity index (χ2n) is 4.32. The van der Waals surface area contributed by atoms with Gasteiger partial charge < -0.3 is 15.2 Å². The van der Waals surface area contributed by atoms with Crippen molar-refractivity contribution < 1.29 is 13.9 Å². The highest BCUT2D eigenvalue weighted by Crippen LogP contribution is 2.28. The van der Waals surface area contributed by atoms with Crippen LogP contribution < -0.4 is 15.2 Å². The smallest absolute Gasteiger partial charge is 0.240 e. The van der Waals surface area contributed by atoms with Crippen molar-refractivity contribution in [3.63, 3.8) is 0 Å². The highest BCUT2D eigenvalue weighted by molar-refractivity contribution is 6.31. The van der Waals surface area contributed by atoms with Gasteiger partial charge >= 0.3 is 0 Å². The van der Waals surface area contributed by atoms with Crippen LogP contribution in [0.5, 0.6) is 11.8 Å². The summed E-state index contributed by atoms with van der Waals surface area (Å²) < 4.78 is 23.9. The van der Waals surface area contributed by atoms with Crippen molar-refractivity contribution in [2.24, 2.45) is 5.73 Å². The zero-order valence-electron chi connectivity index (χ0n) is 11.6. The lowest BCUT2D eigenvalue weighted by molar-refractivity contribution is 0.353. The van der Waals surface area contributed by atoms with Gasteiger partial charge in [0, 0.05) is 10.6 Å². The summed E-state index contributed by atoms with van der Waals surface area (Å²) in [7, 11) is 2.93. The van der Waals surface area contributed by atoms with Gasteiger partial charge in [0.2, 0.25) is 11.8 Å². The third-order valence-corrected chi connectivity index (χ3v) is 3.34. The summed E-state index contributed by atoms with van der Waals surface area (Å²) >= 11 is 6.00. The van der Waals surface area contributed by atoms with Gasteiger partial charge in [-0.05, 0) is 18.6 Å². The van der Waals surface area contributed by atoms with Crippen molar-refractivity contribution in [1.82, 2.24) is 9.97 Å². The molecule has 21 heavy (non-hydrogen) atoms. The van der Waals surface area contributed by atoms with Gasteiger partial charge in [-0.25, -0.2) is 9.37 Å². The molecule has 0 saturated heterocycles. The second-order valence-corrected chi connectivity index (χ2v) is 4.72. The fourth-order valence-electron chi connectivity index (χ4n) is 1.91. The van der Waals surface area contributed by atoms with Gasteiger partial charge in [0.25, 0.3) is 0 Å². The molecule has 1 aromatic heterocycles. The van der Waals surface area contributed by atoms with Crippen molar-refractivity contribution in [2.45, 2.75) is 12.5 Å². The molecule has 7 heteroatoms. The number of ether oxygens (including phenoxy) is 2. The minimum atomic E-state index is -0.604. The summed E-state index contributed by atoms with van der Waals surface area (Å²) in [5, 5.41) is 0.325. The minimum absolute atomic E-state index is 0.183. The molecular formula is C14H15ClFN3O2. The number of hydrogen-bond acceptors (Lipinski definition) is 5. The summed E-state index contributed by atoms with van der Waals surface area (Å²) in [4.78, 5) is 8.28. The molecule has 5 nitrogen and oxygen atoms in total. The van der Waals surface area contributed by atoms with Crippen LogP contribution in [0.2, 0.25) is 5.02 Å². The summed E-state index contributed by atoms with van der Waals surface area (Å²) in [6.07, 6.45) is 1.61. The number of hydrogen-bond donors (Lipinski definition) is 1. The van der Waals surface area contributed by atoms with E-state index in [1.54, 1.807) is 12.1 Å². The van der Waals surface area contributed by atoms with Crippen LogP contribution in [0, 0.1) is 5.82 Å². The van der Waals surface area contributed by atoms with Gasteiger partial charge in [-0.15, -0.1) is 0 Å². The predicted molar refractivity (Wildman–Crippen MR) is 77.2 cm³/mol. The minimum Gasteiger partial charge on any atom is -0.480 e. The fraction of sp³-hybridized carbons (Fsp3) is 0.286. The first-order valence-electron chi connectivity index (χ1n) is 6.20. The maximum absolute atomic E-state index is 13.8. The third-order valence-electron chi connectivity index (χ3n) is 2.98. The molecule has 0 spiro atoms. The van der Waals surface area contributed by atoms with Crippen molar-refractivity contribution in [3.05, 3.63) is 46.5 Å². The third kappa shape index (κ3) is 3.40. The number of methoxy groups -OCH3 is 2. The van der Waals surface area contributed by atoms with E-state index >= 15 is 0 Å². The molecule has 1 unspecified atom stereocenters. The Labute approximate surface area is 126 Å². The Hall–Kier alpha value is -1.92. The van der Waals surface area contributed by atoms with Gasteiger partial charge in [-0.2, -0.15) is 4.98 Å². The standard InChI is InChI=1S/C14H15ClFN3O2/c1-20-12-7-18-13(14(19-12)21-2)11(17)6-8-9(15)4-3-5-10(8)16/h3-5,7,11H,6,17H2,1-2H3. The van der Waals surface area contributed by atoms with E-state index in [2.05, 4.69) is 9.97 Å². The summed E-state index contributed by atoms with van der Waals surface area (Å²) in [5.41, 5.74) is 6.84. The van der Waals surface area contributed by atoms with E-state index < -0.39 is 11.9 Å². The van der Waals surface area contributed by atoms with Crippen LogP contribution in [0.15, 0.2) is 24.4 Å². The topological polar surface area (TPSA) is 70.3 Å². The predicted octanol–water partition coefficient (Wildman–Crippen LogP) is 2.53. The van der Waals surface area contributed by atoms with Crippen LogP contribution in [0.1, 0.15) is 17.3 Å². The number of nitrogens with zero attached hydrogens (tertiary/aromatic N) is 2. The molecule has 0 bridgehead atoms. The zero-order chi connectivity index (χ0) is 15.4. The maximum atomic E-state index is 13.8. The molecule has 2 aromatic rings. The number of aromatic nitrogens is 2. The first kappa shape index (κ1) is 15.5. The number of nitrogens with two attached hydrogens (primary N) is 1. The fourth-order valence-corrected chi connectivity index (χ4v) is 2.15. The monoisotopic (exact) mass is 311 g/mol. The summed E-state index contributed by atoms with van der Waals surface area (Å²) in [6.45, 7) is 0. The molecule has 0 fully saturated rings. The highest BCUT2D eigenvalue weighted by atomic mass is 35.5. The van der Waals surface area contributed by atoms with Crippen LogP contribution >= 0.6 is 11.6 Å². The molecular weight excluding hydrogens is 297 g/mol. The molecule has 0 aliphatic carbocycles. The summed E-state index contributed by atoms with van der Waals surface area (Å²) in [5.74, 6) is 0.152.